The molecule has 0 aliphatic carbocycles. The number of thiazole rings is 1. The highest BCUT2D eigenvalue weighted by molar-refractivity contribution is 7.13. The van der Waals surface area contributed by atoms with Gasteiger partial charge in [0, 0.05) is 79.7 Å². The van der Waals surface area contributed by atoms with Gasteiger partial charge in [0.1, 0.15) is 41.7 Å². The fourth-order valence-corrected chi connectivity index (χ4v) is 10.5. The third kappa shape index (κ3) is 13.2. The zero-order valence-electron chi connectivity index (χ0n) is 42.1. The van der Waals surface area contributed by atoms with E-state index in [1.165, 1.54) is 30.9 Å². The molecule has 1 fully saturated rings. The van der Waals surface area contributed by atoms with Gasteiger partial charge in [-0.3, -0.25) is 19.3 Å². The number of ether oxygens (including phenoxy) is 3. The number of hydrogen-bond donors (Lipinski definition) is 4. The number of aryl methyl sites for hydroxylation is 1. The molecule has 0 unspecified atom stereocenters. The molecule has 17 heteroatoms. The Kier molecular flexibility index (Phi) is 17.4. The fraction of sp³-hybridized carbons (Fsp3) is 0.519. The first-order valence-corrected chi connectivity index (χ1v) is 25.5. The van der Waals surface area contributed by atoms with E-state index in [1.807, 2.05) is 95.0 Å². The van der Waals surface area contributed by atoms with Crippen LogP contribution in [0.15, 0.2) is 66.2 Å². The van der Waals surface area contributed by atoms with Gasteiger partial charge in [-0.15, -0.1) is 11.3 Å². The number of fused-ring (bicyclic) bond motifs is 3. The molecule has 7 rings (SSSR count). The molecule has 3 amide bonds. The minimum Gasteiger partial charge on any atom is -0.493 e. The molecule has 71 heavy (non-hydrogen) atoms. The number of alkyl halides is 1. The summed E-state index contributed by atoms with van der Waals surface area (Å²) in [6.07, 6.45) is 1.49. The number of aromatic amines is 1. The maximum atomic E-state index is 16.0. The van der Waals surface area contributed by atoms with E-state index in [9.17, 15) is 19.5 Å². The number of nitrogens with zero attached hydrogens (tertiary/aromatic N) is 3. The second-order valence-corrected chi connectivity index (χ2v) is 21.5. The van der Waals surface area contributed by atoms with Gasteiger partial charge in [-0.1, -0.05) is 63.2 Å². The Morgan fingerprint density at radius 2 is 1.62 bits per heavy atom. The van der Waals surface area contributed by atoms with Crippen molar-refractivity contribution < 1.29 is 46.9 Å². The Balaban J connectivity index is 0.815. The lowest BCUT2D eigenvalue weighted by atomic mass is 9.85. The van der Waals surface area contributed by atoms with Gasteiger partial charge in [0.15, 0.2) is 0 Å². The monoisotopic (exact) mass is 1000 g/mol. The summed E-state index contributed by atoms with van der Waals surface area (Å²) in [5, 5.41) is 17.4. The number of unbranched alkanes of at least 4 members (excludes halogenated alkanes) is 1. The van der Waals surface area contributed by atoms with Crippen molar-refractivity contribution in [2.24, 2.45) is 5.41 Å². The van der Waals surface area contributed by atoms with Gasteiger partial charge in [-0.25, -0.2) is 18.2 Å². The number of rotatable bonds is 21. The lowest BCUT2D eigenvalue weighted by Crippen LogP contribution is -2.58. The minimum absolute atomic E-state index is 0.0107. The van der Waals surface area contributed by atoms with Crippen LogP contribution in [-0.2, 0) is 30.3 Å². The molecule has 0 spiro atoms. The number of aliphatic hydroxyl groups excluding tert-OH is 1. The first kappa shape index (κ1) is 53.5. The summed E-state index contributed by atoms with van der Waals surface area (Å²) in [6, 6.07) is 14.7. The first-order chi connectivity index (χ1) is 33.7. The maximum absolute atomic E-state index is 16.0. The number of benzene rings is 3. The maximum Gasteiger partial charge on any atom is 0.246 e. The third-order valence-electron chi connectivity index (χ3n) is 13.2. The molecule has 1 saturated heterocycles. The van der Waals surface area contributed by atoms with Crippen LogP contribution in [0.1, 0.15) is 114 Å². The van der Waals surface area contributed by atoms with Crippen molar-refractivity contribution in [1.82, 2.24) is 30.4 Å². The van der Waals surface area contributed by atoms with E-state index in [0.29, 0.717) is 44.6 Å². The van der Waals surface area contributed by atoms with Crippen molar-refractivity contribution in [1.29, 1.82) is 0 Å². The summed E-state index contributed by atoms with van der Waals surface area (Å²) in [4.78, 5) is 52.8. The highest BCUT2D eigenvalue weighted by Crippen LogP contribution is 2.44. The number of carbonyl (C=O) groups excluding carboxylic acids is 3. The summed E-state index contributed by atoms with van der Waals surface area (Å²) >= 11 is 1.56. The highest BCUT2D eigenvalue weighted by atomic mass is 32.1. The van der Waals surface area contributed by atoms with Gasteiger partial charge >= 0.3 is 0 Å². The third-order valence-corrected chi connectivity index (χ3v) is 14.2. The number of likely N-dealkylation sites (tertiary alicyclic amines) is 1. The number of aliphatic hydroxyl groups is 1. The van der Waals surface area contributed by atoms with Gasteiger partial charge < -0.3 is 39.8 Å². The standard InChI is InChI=1S/C54H69F3N6O7S/c1-32-24-40-39-14-9-10-15-43(39)60-47(40)48(63(32)30-54(7,8)57)46-41(55)26-38(27-42(46)56)70-23-12-11-20-68-21-13-22-69-29-45(65)61-50(53(4,5)6)52(67)62-28-37(64)25-44(62)51(66)59-33(2)35-16-18-36(19-17-35)49-34(3)58-31-71-49/h9-10,14-19,26-27,31-33,37,44,48,50,60,64H,11-13,20-25,28-30H2,1-8H3,(H,59,66)(H,61,65)/t32-,33+,37-,44+,48-,50-/m1/s1. The van der Waals surface area contributed by atoms with E-state index >= 15 is 13.2 Å². The fourth-order valence-electron chi connectivity index (χ4n) is 9.65. The molecule has 0 radical (unpaired) electrons. The van der Waals surface area contributed by atoms with Crippen LogP contribution in [-0.4, -0.2) is 119 Å². The van der Waals surface area contributed by atoms with Crippen molar-refractivity contribution in [3.05, 3.63) is 106 Å². The average molecular weight is 1000 g/mol. The van der Waals surface area contributed by atoms with E-state index < -0.39 is 58.8 Å². The average Bonchev–Trinajstić information content (AvgIpc) is 4.03. The van der Waals surface area contributed by atoms with Gasteiger partial charge in [0.2, 0.25) is 17.7 Å². The number of para-hydroxylation sites is 1. The van der Waals surface area contributed by atoms with Crippen LogP contribution in [0, 0.1) is 24.0 Å². The number of carbonyl (C=O) groups is 3. The zero-order valence-corrected chi connectivity index (χ0v) is 42.9. The highest BCUT2D eigenvalue weighted by Gasteiger charge is 2.45. The number of aromatic nitrogens is 2. The molecule has 4 heterocycles. The van der Waals surface area contributed by atoms with Gasteiger partial charge in [-0.05, 0) is 88.5 Å². The molecule has 0 saturated carbocycles. The zero-order chi connectivity index (χ0) is 51.2. The number of halogens is 3. The Hall–Kier alpha value is -5.33. The lowest BCUT2D eigenvalue weighted by molar-refractivity contribution is -0.144. The van der Waals surface area contributed by atoms with Crippen LogP contribution < -0.4 is 15.4 Å². The summed E-state index contributed by atoms with van der Waals surface area (Å²) in [6.45, 7) is 15.1. The van der Waals surface area contributed by atoms with Crippen molar-refractivity contribution in [3.8, 4) is 16.2 Å². The molecule has 5 aromatic rings. The van der Waals surface area contributed by atoms with Crippen LogP contribution in [0.25, 0.3) is 21.3 Å². The Bertz CT molecular complexity index is 2600. The van der Waals surface area contributed by atoms with Crippen molar-refractivity contribution in [2.45, 2.75) is 129 Å². The summed E-state index contributed by atoms with van der Waals surface area (Å²) in [7, 11) is 0. The Morgan fingerprint density at radius 3 is 2.30 bits per heavy atom. The minimum atomic E-state index is -1.60. The molecule has 2 aromatic heterocycles. The van der Waals surface area contributed by atoms with Gasteiger partial charge in [-0.2, -0.15) is 0 Å². The van der Waals surface area contributed by atoms with Gasteiger partial charge in [0.05, 0.1) is 40.9 Å². The summed E-state index contributed by atoms with van der Waals surface area (Å²) in [5.41, 5.74) is 4.72. The molecule has 13 nitrogen and oxygen atoms in total. The molecule has 4 N–H and O–H groups in total. The van der Waals surface area contributed by atoms with E-state index in [-0.39, 0.29) is 68.6 Å². The Morgan fingerprint density at radius 1 is 0.944 bits per heavy atom. The molecular formula is C54H69F3N6O7S. The number of amides is 3. The van der Waals surface area contributed by atoms with E-state index in [2.05, 4.69) is 20.6 Å². The molecular weight excluding hydrogens is 934 g/mol. The summed E-state index contributed by atoms with van der Waals surface area (Å²) in [5.74, 6) is -2.80. The lowest BCUT2D eigenvalue weighted by Gasteiger charge is -2.43. The predicted molar refractivity (Wildman–Crippen MR) is 269 cm³/mol. The van der Waals surface area contributed by atoms with E-state index in [4.69, 9.17) is 14.2 Å². The van der Waals surface area contributed by atoms with E-state index in [0.717, 1.165) is 38.2 Å². The molecule has 384 valence electrons. The van der Waals surface area contributed by atoms with Crippen LogP contribution in [0.4, 0.5) is 13.2 Å². The predicted octanol–water partition coefficient (Wildman–Crippen LogP) is 8.91. The van der Waals surface area contributed by atoms with Crippen LogP contribution in [0.3, 0.4) is 0 Å². The smallest absolute Gasteiger partial charge is 0.246 e. The molecule has 0 bridgehead atoms. The van der Waals surface area contributed by atoms with Gasteiger partial charge in [0.25, 0.3) is 0 Å². The molecule has 6 atom stereocenters. The van der Waals surface area contributed by atoms with Crippen molar-refractivity contribution >= 4 is 40.0 Å². The molecule has 2 aliphatic heterocycles. The SMILES string of the molecule is Cc1ncsc1-c1ccc([C@H](C)NC(=O)[C@@H]2C[C@@H](O)CN2C(=O)[C@@H](NC(=O)COCCCOCCCCOc2cc(F)c([C@@H]3c4[nH]c5ccccc5c4C[C@@H](C)N3CC(C)(C)F)c(F)c2)C(C)(C)C)cc1. The molecule has 3 aromatic carbocycles. The number of β-amino-alcohol motifs (C(OH)–C–C–N with tert-alkyl or cyclic N) is 1. The second-order valence-electron chi connectivity index (χ2n) is 20.7. The first-order valence-electron chi connectivity index (χ1n) is 24.6. The largest absolute Gasteiger partial charge is 0.493 e. The summed E-state index contributed by atoms with van der Waals surface area (Å²) < 4.78 is 64.3. The van der Waals surface area contributed by atoms with Crippen LogP contribution in [0.5, 0.6) is 5.75 Å². The topological polar surface area (TPSA) is 158 Å². The van der Waals surface area contributed by atoms with Crippen molar-refractivity contribution in [3.63, 3.8) is 0 Å². The Labute approximate surface area is 418 Å². The normalized spacial score (nSPS) is 19.4. The quantitative estimate of drug-likeness (QED) is 0.0527. The molecule has 2 aliphatic rings. The van der Waals surface area contributed by atoms with Crippen molar-refractivity contribution in [2.75, 3.05) is 46.1 Å². The number of nitrogens with one attached hydrogen (secondary N) is 3. The van der Waals surface area contributed by atoms with Crippen LogP contribution >= 0.6 is 11.3 Å². The van der Waals surface area contributed by atoms with Crippen LogP contribution in [0.2, 0.25) is 0 Å². The van der Waals surface area contributed by atoms with E-state index in [1.54, 1.807) is 16.8 Å². The second kappa shape index (κ2) is 23.0. The number of hydrogen-bond acceptors (Lipinski definition) is 10. The number of H-pyrrole nitrogens is 1.